The number of anilines is 2. The highest BCUT2D eigenvalue weighted by atomic mass is 16.5. The van der Waals surface area contributed by atoms with Crippen LogP contribution in [0.1, 0.15) is 19.8 Å². The molecule has 0 atom stereocenters. The van der Waals surface area contributed by atoms with Gasteiger partial charge in [-0.25, -0.2) is 0 Å². The fourth-order valence-electron chi connectivity index (χ4n) is 1.47. The molecule has 0 heterocycles. The van der Waals surface area contributed by atoms with Crippen LogP contribution in [0.2, 0.25) is 0 Å². The Kier molecular flexibility index (Phi) is 5.13. The first kappa shape index (κ1) is 13.2. The highest BCUT2D eigenvalue weighted by Gasteiger charge is 2.04. The van der Waals surface area contributed by atoms with E-state index in [2.05, 4.69) is 5.32 Å². The Bertz CT molecular complexity index is 380. The van der Waals surface area contributed by atoms with Crippen molar-refractivity contribution in [1.82, 2.24) is 0 Å². The molecule has 1 amide bonds. The Balaban J connectivity index is 2.53. The predicted molar refractivity (Wildman–Crippen MR) is 68.9 cm³/mol. The van der Waals surface area contributed by atoms with Crippen LogP contribution in [-0.4, -0.2) is 19.1 Å². The zero-order valence-corrected chi connectivity index (χ0v) is 10.0. The third-order valence-corrected chi connectivity index (χ3v) is 2.28. The van der Waals surface area contributed by atoms with E-state index in [1.807, 2.05) is 25.1 Å². The van der Waals surface area contributed by atoms with Crippen LogP contribution in [-0.2, 0) is 4.79 Å². The number of para-hydroxylation sites is 1. The van der Waals surface area contributed by atoms with Crippen molar-refractivity contribution in [3.63, 3.8) is 0 Å². The minimum atomic E-state index is -0.289. The fraction of sp³-hybridized carbons (Fsp3) is 0.417. The van der Waals surface area contributed by atoms with Gasteiger partial charge in [0.15, 0.2) is 0 Å². The quantitative estimate of drug-likeness (QED) is 0.493. The largest absolute Gasteiger partial charge is 0.492 e. The summed E-state index contributed by atoms with van der Waals surface area (Å²) in [4.78, 5) is 10.6. The maximum Gasteiger partial charge on any atom is 0.217 e. The second kappa shape index (κ2) is 6.62. The first-order valence-electron chi connectivity index (χ1n) is 5.68. The summed E-state index contributed by atoms with van der Waals surface area (Å²) in [6.07, 6.45) is 1.06. The molecule has 5 heteroatoms. The molecule has 0 aliphatic heterocycles. The molecule has 0 aliphatic carbocycles. The van der Waals surface area contributed by atoms with Crippen LogP contribution in [0, 0.1) is 0 Å². The van der Waals surface area contributed by atoms with Gasteiger partial charge in [0.2, 0.25) is 5.91 Å². The van der Waals surface area contributed by atoms with Crippen LogP contribution in [0.5, 0.6) is 5.75 Å². The van der Waals surface area contributed by atoms with Gasteiger partial charge in [0, 0.05) is 13.0 Å². The number of nitrogen functional groups attached to an aromatic ring is 1. The summed E-state index contributed by atoms with van der Waals surface area (Å²) in [5, 5.41) is 3.15. The molecule has 0 unspecified atom stereocenters. The van der Waals surface area contributed by atoms with E-state index in [4.69, 9.17) is 16.2 Å². The monoisotopic (exact) mass is 237 g/mol. The Hall–Kier alpha value is -1.91. The summed E-state index contributed by atoms with van der Waals surface area (Å²) in [7, 11) is 0. The van der Waals surface area contributed by atoms with Gasteiger partial charge in [-0.05, 0) is 25.5 Å². The van der Waals surface area contributed by atoms with Gasteiger partial charge in [-0.1, -0.05) is 6.07 Å². The van der Waals surface area contributed by atoms with Crippen LogP contribution >= 0.6 is 0 Å². The SMILES string of the molecule is CCOc1cccc(NCCCC(N)=O)c1N. The van der Waals surface area contributed by atoms with Gasteiger partial charge in [-0.3, -0.25) is 4.79 Å². The molecule has 0 fully saturated rings. The molecule has 0 aromatic heterocycles. The first-order chi connectivity index (χ1) is 8.15. The van der Waals surface area contributed by atoms with Crippen molar-refractivity contribution in [3.05, 3.63) is 18.2 Å². The molecule has 0 spiro atoms. The lowest BCUT2D eigenvalue weighted by Gasteiger charge is -2.12. The summed E-state index contributed by atoms with van der Waals surface area (Å²) >= 11 is 0. The van der Waals surface area contributed by atoms with Crippen molar-refractivity contribution in [2.75, 3.05) is 24.2 Å². The van der Waals surface area contributed by atoms with Crippen molar-refractivity contribution >= 4 is 17.3 Å². The molecule has 0 radical (unpaired) electrons. The molecule has 5 N–H and O–H groups in total. The minimum absolute atomic E-state index is 0.289. The van der Waals surface area contributed by atoms with Gasteiger partial charge in [0.1, 0.15) is 5.75 Å². The normalized spacial score (nSPS) is 9.94. The number of carbonyl (C=O) groups excluding carboxylic acids is 1. The van der Waals surface area contributed by atoms with Gasteiger partial charge >= 0.3 is 0 Å². The van der Waals surface area contributed by atoms with Gasteiger partial charge in [0.05, 0.1) is 18.0 Å². The van der Waals surface area contributed by atoms with Crippen LogP contribution in [0.4, 0.5) is 11.4 Å². The van der Waals surface area contributed by atoms with E-state index in [1.165, 1.54) is 0 Å². The number of ether oxygens (including phenoxy) is 1. The summed E-state index contributed by atoms with van der Waals surface area (Å²) in [5.74, 6) is 0.384. The fourth-order valence-corrected chi connectivity index (χ4v) is 1.47. The molecule has 1 aromatic carbocycles. The summed E-state index contributed by atoms with van der Waals surface area (Å²) in [5.41, 5.74) is 12.4. The maximum absolute atomic E-state index is 10.6. The number of carbonyl (C=O) groups is 1. The highest BCUT2D eigenvalue weighted by Crippen LogP contribution is 2.29. The molecule has 17 heavy (non-hydrogen) atoms. The van der Waals surface area contributed by atoms with E-state index in [0.717, 1.165) is 5.69 Å². The lowest BCUT2D eigenvalue weighted by atomic mass is 10.2. The molecule has 0 aliphatic rings. The van der Waals surface area contributed by atoms with Crippen LogP contribution in [0.15, 0.2) is 18.2 Å². The van der Waals surface area contributed by atoms with Crippen molar-refractivity contribution in [2.24, 2.45) is 5.73 Å². The van der Waals surface area contributed by atoms with E-state index in [9.17, 15) is 4.79 Å². The summed E-state index contributed by atoms with van der Waals surface area (Å²) in [6.45, 7) is 3.14. The van der Waals surface area contributed by atoms with Gasteiger partial charge in [0.25, 0.3) is 0 Å². The number of nitrogens with one attached hydrogen (secondary N) is 1. The van der Waals surface area contributed by atoms with E-state index in [0.29, 0.717) is 37.4 Å². The molecule has 1 aromatic rings. The van der Waals surface area contributed by atoms with Crippen LogP contribution in [0.25, 0.3) is 0 Å². The van der Waals surface area contributed by atoms with E-state index in [-0.39, 0.29) is 5.91 Å². The Labute approximate surface area is 101 Å². The number of rotatable bonds is 7. The number of amides is 1. The van der Waals surface area contributed by atoms with E-state index in [1.54, 1.807) is 0 Å². The first-order valence-corrected chi connectivity index (χ1v) is 5.68. The zero-order valence-electron chi connectivity index (χ0n) is 10.0. The summed E-state index contributed by atoms with van der Waals surface area (Å²) in [6, 6.07) is 5.58. The van der Waals surface area contributed by atoms with Gasteiger partial charge in [-0.2, -0.15) is 0 Å². The second-order valence-corrected chi connectivity index (χ2v) is 3.65. The average molecular weight is 237 g/mol. The number of benzene rings is 1. The van der Waals surface area contributed by atoms with E-state index >= 15 is 0 Å². The van der Waals surface area contributed by atoms with Crippen molar-refractivity contribution in [1.29, 1.82) is 0 Å². The van der Waals surface area contributed by atoms with Crippen molar-refractivity contribution < 1.29 is 9.53 Å². The van der Waals surface area contributed by atoms with E-state index < -0.39 is 0 Å². The van der Waals surface area contributed by atoms with Gasteiger partial charge < -0.3 is 21.5 Å². The van der Waals surface area contributed by atoms with Crippen molar-refractivity contribution in [3.8, 4) is 5.75 Å². The molecular weight excluding hydrogens is 218 g/mol. The smallest absolute Gasteiger partial charge is 0.217 e. The van der Waals surface area contributed by atoms with Crippen LogP contribution in [0.3, 0.4) is 0 Å². The molecular formula is C12H19N3O2. The molecule has 94 valence electrons. The molecule has 1 rings (SSSR count). The summed E-state index contributed by atoms with van der Waals surface area (Å²) < 4.78 is 5.38. The predicted octanol–water partition coefficient (Wildman–Crippen LogP) is 1.34. The maximum atomic E-state index is 10.6. The number of primary amides is 1. The number of hydrogen-bond donors (Lipinski definition) is 3. The van der Waals surface area contributed by atoms with Crippen molar-refractivity contribution in [2.45, 2.75) is 19.8 Å². The molecule has 0 bridgehead atoms. The second-order valence-electron chi connectivity index (χ2n) is 3.65. The molecule has 0 saturated carbocycles. The Morgan fingerprint density at radius 1 is 1.47 bits per heavy atom. The number of nitrogens with two attached hydrogens (primary N) is 2. The third-order valence-electron chi connectivity index (χ3n) is 2.28. The number of hydrogen-bond acceptors (Lipinski definition) is 4. The Morgan fingerprint density at radius 3 is 2.88 bits per heavy atom. The molecule has 0 saturated heterocycles. The van der Waals surface area contributed by atoms with Gasteiger partial charge in [-0.15, -0.1) is 0 Å². The lowest BCUT2D eigenvalue weighted by Crippen LogP contribution is -2.13. The lowest BCUT2D eigenvalue weighted by molar-refractivity contribution is -0.118. The highest BCUT2D eigenvalue weighted by molar-refractivity contribution is 5.74. The Morgan fingerprint density at radius 2 is 2.24 bits per heavy atom. The zero-order chi connectivity index (χ0) is 12.7. The average Bonchev–Trinajstić information content (AvgIpc) is 2.29. The standard InChI is InChI=1S/C12H19N3O2/c1-2-17-10-6-3-5-9(12(10)14)15-8-4-7-11(13)16/h3,5-6,15H,2,4,7-8,14H2,1H3,(H2,13,16). The third kappa shape index (κ3) is 4.22. The minimum Gasteiger partial charge on any atom is -0.492 e. The molecule has 5 nitrogen and oxygen atoms in total. The van der Waals surface area contributed by atoms with Crippen LogP contribution < -0.4 is 21.5 Å². The topological polar surface area (TPSA) is 90.4 Å².